The van der Waals surface area contributed by atoms with Crippen LogP contribution in [0.25, 0.3) is 0 Å². The van der Waals surface area contributed by atoms with Gasteiger partial charge in [0.05, 0.1) is 7.11 Å². The first-order chi connectivity index (χ1) is 16.5. The smallest absolute Gasteiger partial charge is 0.287 e. The third-order valence-electron chi connectivity index (χ3n) is 5.61. The topological polar surface area (TPSA) is 125 Å². The molecule has 2 saturated heterocycles. The molecule has 0 aliphatic carbocycles. The Morgan fingerprint density at radius 2 is 2.00 bits per heavy atom. The summed E-state index contributed by atoms with van der Waals surface area (Å²) >= 11 is 5.81. The summed E-state index contributed by atoms with van der Waals surface area (Å²) in [7, 11) is 3.36. The molecule has 2 unspecified atom stereocenters. The van der Waals surface area contributed by atoms with Crippen molar-refractivity contribution in [3.8, 4) is 5.88 Å². The second-order valence-electron chi connectivity index (χ2n) is 7.73. The average Bonchev–Trinajstić information content (AvgIpc) is 3.44. The first-order valence-corrected chi connectivity index (χ1v) is 11.7. The standard InChI is InChI=1S/C13H18ClFN4O2.C7H12FN.2CH4O/c1-20-13(16)18-10-8-5-3-2-4-6-17-7-21-12(8)19-11(14)9(10)15;8-6-4-7-2-1-3-9(7)5-6;2*1-2/h17H,2-7H2,1H3,(H2,16,18,19);6-7H,1-5H2;2*2H,1H3. The third-order valence-corrected chi connectivity index (χ3v) is 5.87. The first-order valence-electron chi connectivity index (χ1n) is 11.4. The van der Waals surface area contributed by atoms with Crippen molar-refractivity contribution in [2.24, 2.45) is 10.7 Å². The van der Waals surface area contributed by atoms with Crippen molar-refractivity contribution in [2.45, 2.75) is 57.2 Å². The Kier molecular flexibility index (Phi) is 14.9. The molecule has 0 aromatic carbocycles. The zero-order valence-electron chi connectivity index (χ0n) is 20.2. The molecule has 0 bridgehead atoms. The zero-order valence-corrected chi connectivity index (χ0v) is 21.0. The Morgan fingerprint density at radius 1 is 1.26 bits per heavy atom. The Balaban J connectivity index is 0.000000366. The molecule has 2 atom stereocenters. The Labute approximate surface area is 205 Å². The number of aliphatic hydroxyl groups is 2. The van der Waals surface area contributed by atoms with Gasteiger partial charge in [-0.3, -0.25) is 10.2 Å². The van der Waals surface area contributed by atoms with Crippen molar-refractivity contribution in [3.05, 3.63) is 16.5 Å². The normalized spacial score (nSPS) is 22.3. The molecule has 5 N–H and O–H groups in total. The van der Waals surface area contributed by atoms with E-state index >= 15 is 0 Å². The molecule has 0 spiro atoms. The van der Waals surface area contributed by atoms with Gasteiger partial charge >= 0.3 is 0 Å². The number of aromatic nitrogens is 1. The molecule has 3 aliphatic heterocycles. The lowest BCUT2D eigenvalue weighted by Crippen LogP contribution is -2.23. The fraction of sp³-hybridized carbons (Fsp3) is 0.727. The number of amidine groups is 1. The quantitative estimate of drug-likeness (QED) is 0.258. The number of ether oxygens (including phenoxy) is 2. The van der Waals surface area contributed by atoms with Crippen LogP contribution >= 0.6 is 11.6 Å². The van der Waals surface area contributed by atoms with Crippen LogP contribution in [0.1, 0.15) is 44.1 Å². The number of nitrogens with two attached hydrogens (primary N) is 1. The molecule has 0 amide bonds. The van der Waals surface area contributed by atoms with Crippen molar-refractivity contribution < 1.29 is 28.5 Å². The number of nitrogens with one attached hydrogen (secondary N) is 1. The van der Waals surface area contributed by atoms with Crippen molar-refractivity contribution in [3.63, 3.8) is 0 Å². The summed E-state index contributed by atoms with van der Waals surface area (Å²) in [6.45, 7) is 3.01. The number of halogens is 3. The number of fused-ring (bicyclic) bond motifs is 2. The highest BCUT2D eigenvalue weighted by atomic mass is 35.5. The number of hydrogen-bond donors (Lipinski definition) is 4. The number of alkyl halides is 1. The second-order valence-corrected chi connectivity index (χ2v) is 8.08. The zero-order chi connectivity index (χ0) is 25.5. The minimum Gasteiger partial charge on any atom is -0.469 e. The van der Waals surface area contributed by atoms with Crippen molar-refractivity contribution in [2.75, 3.05) is 47.7 Å². The van der Waals surface area contributed by atoms with Gasteiger partial charge in [0, 0.05) is 32.4 Å². The van der Waals surface area contributed by atoms with Crippen molar-refractivity contribution >= 4 is 23.3 Å². The van der Waals surface area contributed by atoms with Gasteiger partial charge < -0.3 is 25.4 Å². The van der Waals surface area contributed by atoms with Crippen LogP contribution in [0.3, 0.4) is 0 Å². The van der Waals surface area contributed by atoms with Gasteiger partial charge in [-0.1, -0.05) is 18.0 Å². The van der Waals surface area contributed by atoms with E-state index in [9.17, 15) is 8.78 Å². The lowest BCUT2D eigenvalue weighted by molar-refractivity contribution is 0.266. The molecule has 12 heteroatoms. The fourth-order valence-electron chi connectivity index (χ4n) is 4.10. The molecule has 2 fully saturated rings. The van der Waals surface area contributed by atoms with Crippen molar-refractivity contribution in [1.29, 1.82) is 0 Å². The summed E-state index contributed by atoms with van der Waals surface area (Å²) in [5, 5.41) is 16.8. The van der Waals surface area contributed by atoms with E-state index in [1.807, 2.05) is 0 Å². The molecule has 4 rings (SSSR count). The van der Waals surface area contributed by atoms with E-state index in [0.29, 0.717) is 24.6 Å². The number of pyridine rings is 1. The Morgan fingerprint density at radius 3 is 2.68 bits per heavy atom. The Hall–Kier alpha value is -1.79. The Bertz CT molecular complexity index is 748. The lowest BCUT2D eigenvalue weighted by Gasteiger charge is -2.16. The van der Waals surface area contributed by atoms with Crippen LogP contribution in [-0.4, -0.2) is 86.0 Å². The molecule has 1 aromatic heterocycles. The van der Waals surface area contributed by atoms with Crippen LogP contribution in [0.4, 0.5) is 14.5 Å². The number of aliphatic imine (C=N–C) groups is 1. The molecule has 4 heterocycles. The van der Waals surface area contributed by atoms with Crippen LogP contribution < -0.4 is 15.8 Å². The number of hydrogen-bond acceptors (Lipinski definition) is 8. The van der Waals surface area contributed by atoms with Crippen LogP contribution in [0.5, 0.6) is 5.88 Å². The molecule has 1 aromatic rings. The van der Waals surface area contributed by atoms with E-state index in [1.54, 1.807) is 0 Å². The van der Waals surface area contributed by atoms with Crippen LogP contribution in [0, 0.1) is 5.82 Å². The minimum absolute atomic E-state index is 0.0323. The molecule has 0 saturated carbocycles. The SMILES string of the molecule is CO.CO.COC(N)=Nc1c(F)c(Cl)nc2c1CCCCCNCO2.FC1CC2CCCN2C1. The van der Waals surface area contributed by atoms with E-state index in [-0.39, 0.29) is 29.5 Å². The van der Waals surface area contributed by atoms with Gasteiger partial charge in [-0.15, -0.1) is 0 Å². The fourth-order valence-corrected chi connectivity index (χ4v) is 4.27. The molecular weight excluding hydrogens is 472 g/mol. The monoisotopic (exact) mass is 509 g/mol. The van der Waals surface area contributed by atoms with Crippen LogP contribution in [0.15, 0.2) is 4.99 Å². The highest BCUT2D eigenvalue weighted by Gasteiger charge is 2.34. The summed E-state index contributed by atoms with van der Waals surface area (Å²) in [5.74, 6) is -0.442. The molecule has 9 nitrogen and oxygen atoms in total. The van der Waals surface area contributed by atoms with Gasteiger partial charge in [-0.05, 0) is 51.6 Å². The van der Waals surface area contributed by atoms with Gasteiger partial charge in [0.2, 0.25) is 5.88 Å². The summed E-state index contributed by atoms with van der Waals surface area (Å²) in [6.07, 6.45) is 6.32. The molecular formula is C22H38ClF2N5O4. The maximum Gasteiger partial charge on any atom is 0.287 e. The first kappa shape index (κ1) is 30.2. The maximum atomic E-state index is 14.2. The third kappa shape index (κ3) is 9.10. The van der Waals surface area contributed by atoms with E-state index in [1.165, 1.54) is 20.0 Å². The van der Waals surface area contributed by atoms with E-state index in [0.717, 1.165) is 53.0 Å². The summed E-state index contributed by atoms with van der Waals surface area (Å²) in [6, 6.07) is 0.466. The lowest BCUT2D eigenvalue weighted by atomic mass is 10.1. The van der Waals surface area contributed by atoms with E-state index in [4.69, 9.17) is 37.0 Å². The van der Waals surface area contributed by atoms with E-state index in [2.05, 4.69) is 20.2 Å². The van der Waals surface area contributed by atoms with Crippen LogP contribution in [0.2, 0.25) is 5.15 Å². The summed E-state index contributed by atoms with van der Waals surface area (Å²) in [4.78, 5) is 10.2. The number of aliphatic hydroxyl groups excluding tert-OH is 2. The second kappa shape index (κ2) is 16.8. The highest BCUT2D eigenvalue weighted by molar-refractivity contribution is 6.30. The molecule has 34 heavy (non-hydrogen) atoms. The summed E-state index contributed by atoms with van der Waals surface area (Å²) < 4.78 is 37.1. The number of rotatable bonds is 1. The minimum atomic E-state index is -0.718. The number of nitrogens with zero attached hydrogens (tertiary/aromatic N) is 3. The van der Waals surface area contributed by atoms with Gasteiger partial charge in [0.15, 0.2) is 11.0 Å². The van der Waals surface area contributed by atoms with Gasteiger partial charge in [0.1, 0.15) is 18.6 Å². The molecule has 0 radical (unpaired) electrons. The van der Waals surface area contributed by atoms with Gasteiger partial charge in [0.25, 0.3) is 6.02 Å². The largest absolute Gasteiger partial charge is 0.469 e. The van der Waals surface area contributed by atoms with Gasteiger partial charge in [-0.25, -0.2) is 8.78 Å². The highest BCUT2D eigenvalue weighted by Crippen LogP contribution is 2.35. The number of methoxy groups -OCH3 is 1. The van der Waals surface area contributed by atoms with E-state index < -0.39 is 12.0 Å². The molecule has 196 valence electrons. The molecule has 3 aliphatic rings. The maximum absolute atomic E-state index is 14.2. The van der Waals surface area contributed by atoms with Gasteiger partial charge in [-0.2, -0.15) is 9.98 Å². The summed E-state index contributed by atoms with van der Waals surface area (Å²) in [5.41, 5.74) is 6.12. The van der Waals surface area contributed by atoms with Crippen molar-refractivity contribution in [1.82, 2.24) is 15.2 Å². The predicted molar refractivity (Wildman–Crippen MR) is 129 cm³/mol. The average molecular weight is 510 g/mol. The predicted octanol–water partition coefficient (Wildman–Crippen LogP) is 2.53. The van der Waals surface area contributed by atoms with Crippen LogP contribution in [-0.2, 0) is 11.2 Å².